The van der Waals surface area contributed by atoms with Crippen LogP contribution in [0, 0.1) is 5.82 Å². The summed E-state index contributed by atoms with van der Waals surface area (Å²) in [6.07, 6.45) is 0.663. The van der Waals surface area contributed by atoms with E-state index in [2.05, 4.69) is 20.9 Å². The van der Waals surface area contributed by atoms with Gasteiger partial charge in [-0.2, -0.15) is 0 Å². The average molecular weight is 415 g/mol. The zero-order chi connectivity index (χ0) is 18.4. The number of nitrogens with zero attached hydrogens (tertiary/aromatic N) is 1. The highest BCUT2D eigenvalue weighted by Crippen LogP contribution is 2.31. The Morgan fingerprint density at radius 1 is 1.23 bits per heavy atom. The molecule has 1 atom stereocenters. The molecule has 0 bridgehead atoms. The molecule has 26 heavy (non-hydrogen) atoms. The van der Waals surface area contributed by atoms with Crippen LogP contribution in [0.1, 0.15) is 34.6 Å². The van der Waals surface area contributed by atoms with Crippen LogP contribution in [-0.2, 0) is 6.42 Å². The summed E-state index contributed by atoms with van der Waals surface area (Å²) in [4.78, 5) is 30.2. The lowest BCUT2D eigenvalue weighted by molar-refractivity contribution is 0.0671. The largest absolute Gasteiger partial charge is 0.350 e. The number of benzene rings is 2. The van der Waals surface area contributed by atoms with E-state index in [9.17, 15) is 14.0 Å². The van der Waals surface area contributed by atoms with Gasteiger partial charge in [-0.3, -0.25) is 9.59 Å². The highest BCUT2D eigenvalue weighted by atomic mass is 79.9. The summed E-state index contributed by atoms with van der Waals surface area (Å²) in [5, 5.41) is 0.523. The highest BCUT2D eigenvalue weighted by Gasteiger charge is 2.29. The summed E-state index contributed by atoms with van der Waals surface area (Å²) in [5.41, 5.74) is 2.52. The third-order valence-corrected chi connectivity index (χ3v) is 5.42. The minimum Gasteiger partial charge on any atom is -0.350 e. The standard InChI is InChI=1S/C20H16BrFN2O2/c1-11-15-9-14(22)4-2-12(15)6-7-24(11)20(26)18-10-19(25)16-8-13(21)3-5-17(16)23-18/h2-5,8-11H,6-7H2,1H3,(H,23,25). The smallest absolute Gasteiger partial charge is 0.270 e. The fraction of sp³-hybridized carbons (Fsp3) is 0.200. The van der Waals surface area contributed by atoms with Crippen molar-refractivity contribution in [1.82, 2.24) is 9.88 Å². The van der Waals surface area contributed by atoms with Gasteiger partial charge in [-0.1, -0.05) is 22.0 Å². The Bertz CT molecular complexity index is 1090. The van der Waals surface area contributed by atoms with E-state index in [1.54, 1.807) is 23.1 Å². The van der Waals surface area contributed by atoms with Crippen molar-refractivity contribution in [3.63, 3.8) is 0 Å². The van der Waals surface area contributed by atoms with E-state index < -0.39 is 0 Å². The lowest BCUT2D eigenvalue weighted by Crippen LogP contribution is -2.39. The van der Waals surface area contributed by atoms with Crippen LogP contribution in [0.4, 0.5) is 4.39 Å². The number of pyridine rings is 1. The molecule has 2 heterocycles. The number of aromatic amines is 1. The van der Waals surface area contributed by atoms with Crippen LogP contribution >= 0.6 is 15.9 Å². The molecule has 1 aromatic heterocycles. The van der Waals surface area contributed by atoms with Gasteiger partial charge in [-0.05, 0) is 54.8 Å². The Hall–Kier alpha value is -2.47. The summed E-state index contributed by atoms with van der Waals surface area (Å²) < 4.78 is 14.4. The second-order valence-electron chi connectivity index (χ2n) is 6.50. The van der Waals surface area contributed by atoms with Gasteiger partial charge in [0.25, 0.3) is 5.91 Å². The number of carbonyl (C=O) groups excluding carboxylic acids is 1. The molecule has 4 nitrogen and oxygen atoms in total. The quantitative estimate of drug-likeness (QED) is 0.648. The molecule has 1 unspecified atom stereocenters. The third-order valence-electron chi connectivity index (χ3n) is 4.93. The molecule has 2 aromatic carbocycles. The first kappa shape index (κ1) is 17.0. The minimum absolute atomic E-state index is 0.209. The normalized spacial score (nSPS) is 16.6. The Labute approximate surface area is 157 Å². The zero-order valence-electron chi connectivity index (χ0n) is 14.1. The van der Waals surface area contributed by atoms with Gasteiger partial charge in [-0.15, -0.1) is 0 Å². The van der Waals surface area contributed by atoms with Crippen molar-refractivity contribution in [2.45, 2.75) is 19.4 Å². The second kappa shape index (κ2) is 6.36. The number of rotatable bonds is 1. The number of aromatic nitrogens is 1. The van der Waals surface area contributed by atoms with Crippen LogP contribution in [0.2, 0.25) is 0 Å². The number of nitrogens with one attached hydrogen (secondary N) is 1. The molecule has 1 amide bonds. The Morgan fingerprint density at radius 3 is 2.85 bits per heavy atom. The van der Waals surface area contributed by atoms with Crippen LogP contribution in [0.3, 0.4) is 0 Å². The van der Waals surface area contributed by atoms with Crippen LogP contribution in [0.5, 0.6) is 0 Å². The maximum absolute atomic E-state index is 13.6. The average Bonchev–Trinajstić information content (AvgIpc) is 2.62. The molecule has 0 fully saturated rings. The lowest BCUT2D eigenvalue weighted by atomic mass is 9.93. The van der Waals surface area contributed by atoms with Crippen molar-refractivity contribution in [3.8, 4) is 0 Å². The van der Waals surface area contributed by atoms with Gasteiger partial charge in [0, 0.05) is 28.0 Å². The fourth-order valence-electron chi connectivity index (χ4n) is 3.55. The van der Waals surface area contributed by atoms with Crippen molar-refractivity contribution in [3.05, 3.63) is 79.8 Å². The SMILES string of the molecule is CC1c2cc(F)ccc2CCN1C(=O)c1cc(=O)c2cc(Br)ccc2[nH]1. The lowest BCUT2D eigenvalue weighted by Gasteiger charge is -2.35. The molecular weight excluding hydrogens is 399 g/mol. The number of amides is 1. The number of hydrogen-bond acceptors (Lipinski definition) is 2. The van der Waals surface area contributed by atoms with Crippen molar-refractivity contribution < 1.29 is 9.18 Å². The van der Waals surface area contributed by atoms with Gasteiger partial charge >= 0.3 is 0 Å². The van der Waals surface area contributed by atoms with E-state index in [0.29, 0.717) is 23.9 Å². The zero-order valence-corrected chi connectivity index (χ0v) is 15.6. The van der Waals surface area contributed by atoms with Gasteiger partial charge in [0.15, 0.2) is 5.43 Å². The van der Waals surface area contributed by atoms with E-state index in [1.807, 2.05) is 13.0 Å². The summed E-state index contributed by atoms with van der Waals surface area (Å²) in [6.45, 7) is 2.41. The predicted molar refractivity (Wildman–Crippen MR) is 102 cm³/mol. The number of fused-ring (bicyclic) bond motifs is 2. The Morgan fingerprint density at radius 2 is 2.04 bits per heavy atom. The van der Waals surface area contributed by atoms with Crippen LogP contribution in [0.15, 0.2) is 51.7 Å². The van der Waals surface area contributed by atoms with Crippen LogP contribution < -0.4 is 5.43 Å². The summed E-state index contributed by atoms with van der Waals surface area (Å²) in [5.74, 6) is -0.566. The molecular formula is C20H16BrFN2O2. The van der Waals surface area contributed by atoms with E-state index in [-0.39, 0.29) is 28.9 Å². The number of halogens is 2. The molecule has 132 valence electrons. The maximum Gasteiger partial charge on any atom is 0.270 e. The molecule has 0 radical (unpaired) electrons. The molecule has 1 aliphatic rings. The van der Waals surface area contributed by atoms with Crippen molar-refractivity contribution in [2.75, 3.05) is 6.54 Å². The van der Waals surface area contributed by atoms with Crippen molar-refractivity contribution >= 4 is 32.7 Å². The van der Waals surface area contributed by atoms with E-state index in [4.69, 9.17) is 0 Å². The van der Waals surface area contributed by atoms with Gasteiger partial charge in [0.2, 0.25) is 0 Å². The number of hydrogen-bond donors (Lipinski definition) is 1. The first-order valence-corrected chi connectivity index (χ1v) is 9.15. The van der Waals surface area contributed by atoms with Crippen LogP contribution in [0.25, 0.3) is 10.9 Å². The first-order chi connectivity index (χ1) is 12.4. The molecule has 0 saturated carbocycles. The van der Waals surface area contributed by atoms with Gasteiger partial charge in [0.05, 0.1) is 6.04 Å². The predicted octanol–water partition coefficient (Wildman–Crippen LogP) is 4.19. The first-order valence-electron chi connectivity index (χ1n) is 8.36. The van der Waals surface area contributed by atoms with Gasteiger partial charge < -0.3 is 9.88 Å². The maximum atomic E-state index is 13.6. The molecule has 1 N–H and O–H groups in total. The topological polar surface area (TPSA) is 53.2 Å². The third kappa shape index (κ3) is 2.84. The summed E-state index contributed by atoms with van der Waals surface area (Å²) >= 11 is 3.35. The molecule has 0 spiro atoms. The molecule has 0 aliphatic carbocycles. The molecule has 0 saturated heterocycles. The fourth-order valence-corrected chi connectivity index (χ4v) is 3.91. The van der Waals surface area contributed by atoms with Crippen molar-refractivity contribution in [2.24, 2.45) is 0 Å². The Balaban J connectivity index is 1.73. The molecule has 1 aliphatic heterocycles. The number of carbonyl (C=O) groups is 1. The Kier molecular flexibility index (Phi) is 4.15. The highest BCUT2D eigenvalue weighted by molar-refractivity contribution is 9.10. The van der Waals surface area contributed by atoms with E-state index >= 15 is 0 Å². The van der Waals surface area contributed by atoms with Gasteiger partial charge in [-0.25, -0.2) is 4.39 Å². The van der Waals surface area contributed by atoms with Crippen LogP contribution in [-0.4, -0.2) is 22.3 Å². The minimum atomic E-state index is -0.311. The van der Waals surface area contributed by atoms with Gasteiger partial charge in [0.1, 0.15) is 11.5 Å². The number of H-pyrrole nitrogens is 1. The molecule has 6 heteroatoms. The molecule has 3 aromatic rings. The molecule has 4 rings (SSSR count). The van der Waals surface area contributed by atoms with E-state index in [0.717, 1.165) is 15.6 Å². The van der Waals surface area contributed by atoms with E-state index in [1.165, 1.54) is 18.2 Å². The van der Waals surface area contributed by atoms with Crippen molar-refractivity contribution in [1.29, 1.82) is 0 Å². The second-order valence-corrected chi connectivity index (χ2v) is 7.42. The monoisotopic (exact) mass is 414 g/mol. The summed E-state index contributed by atoms with van der Waals surface area (Å²) in [7, 11) is 0. The summed E-state index contributed by atoms with van der Waals surface area (Å²) in [6, 6.07) is 11.1.